The molecular formula is C6H10N2O. The minimum Gasteiger partial charge on any atom is -0.354 e. The van der Waals surface area contributed by atoms with Crippen molar-refractivity contribution in [3.05, 3.63) is 12.7 Å². The van der Waals surface area contributed by atoms with Crippen LogP contribution in [0.4, 0.5) is 0 Å². The van der Waals surface area contributed by atoms with Gasteiger partial charge in [-0.3, -0.25) is 9.79 Å². The van der Waals surface area contributed by atoms with Crippen molar-refractivity contribution in [1.29, 1.82) is 0 Å². The minimum absolute atomic E-state index is 0.201. The lowest BCUT2D eigenvalue weighted by molar-refractivity contribution is -0.114. The highest BCUT2D eigenvalue weighted by atomic mass is 16.1. The van der Waals surface area contributed by atoms with Gasteiger partial charge in [0.15, 0.2) is 0 Å². The van der Waals surface area contributed by atoms with E-state index < -0.39 is 0 Å². The van der Waals surface area contributed by atoms with Gasteiger partial charge in [0, 0.05) is 14.1 Å². The van der Waals surface area contributed by atoms with Crippen LogP contribution in [0.5, 0.6) is 0 Å². The molecule has 0 aliphatic rings. The van der Waals surface area contributed by atoms with Gasteiger partial charge >= 0.3 is 0 Å². The number of carbonyl (C=O) groups excluding carboxylic acids is 1. The number of hydrogen-bond acceptors (Lipinski definition) is 2. The van der Waals surface area contributed by atoms with Crippen molar-refractivity contribution in [2.45, 2.75) is 0 Å². The van der Waals surface area contributed by atoms with Crippen LogP contribution >= 0.6 is 0 Å². The van der Waals surface area contributed by atoms with Crippen molar-refractivity contribution >= 4 is 11.6 Å². The second-order valence-electron chi connectivity index (χ2n) is 1.39. The van der Waals surface area contributed by atoms with Gasteiger partial charge in [-0.25, -0.2) is 0 Å². The molecule has 50 valence electrons. The fourth-order valence-electron chi connectivity index (χ4n) is 0.414. The van der Waals surface area contributed by atoms with Crippen LogP contribution in [0.15, 0.2) is 17.6 Å². The largest absolute Gasteiger partial charge is 0.354 e. The van der Waals surface area contributed by atoms with Crippen LogP contribution < -0.4 is 5.32 Å². The van der Waals surface area contributed by atoms with Crippen LogP contribution in [0.25, 0.3) is 0 Å². The van der Waals surface area contributed by atoms with Gasteiger partial charge < -0.3 is 5.32 Å². The number of aliphatic imine (C=N–C) groups is 1. The highest BCUT2D eigenvalue weighted by Crippen LogP contribution is 1.76. The van der Waals surface area contributed by atoms with Crippen LogP contribution in [-0.2, 0) is 4.79 Å². The Bertz CT molecular complexity index is 149. The monoisotopic (exact) mass is 126 g/mol. The molecule has 0 saturated heterocycles. The quantitative estimate of drug-likeness (QED) is 0.519. The number of nitrogens with zero attached hydrogens (tertiary/aromatic N) is 1. The zero-order valence-electron chi connectivity index (χ0n) is 5.64. The van der Waals surface area contributed by atoms with Crippen LogP contribution in [0.3, 0.4) is 0 Å². The van der Waals surface area contributed by atoms with E-state index in [2.05, 4.69) is 16.9 Å². The zero-order valence-corrected chi connectivity index (χ0v) is 5.64. The molecule has 0 unspecified atom stereocenters. The van der Waals surface area contributed by atoms with Crippen molar-refractivity contribution in [3.8, 4) is 0 Å². The number of hydrogen-bond donors (Lipinski definition) is 1. The van der Waals surface area contributed by atoms with Crippen molar-refractivity contribution in [2.24, 2.45) is 4.99 Å². The summed E-state index contributed by atoms with van der Waals surface area (Å²) in [4.78, 5) is 14.3. The van der Waals surface area contributed by atoms with Crippen LogP contribution in [-0.4, -0.2) is 25.7 Å². The molecule has 0 aromatic heterocycles. The van der Waals surface area contributed by atoms with Gasteiger partial charge in [-0.2, -0.15) is 0 Å². The molecular weight excluding hydrogens is 116 g/mol. The molecule has 0 heterocycles. The van der Waals surface area contributed by atoms with E-state index in [4.69, 9.17) is 0 Å². The van der Waals surface area contributed by atoms with Gasteiger partial charge in [0.1, 0.15) is 5.71 Å². The predicted octanol–water partition coefficient (Wildman–Crippen LogP) is -0.0108. The first kappa shape index (κ1) is 7.88. The van der Waals surface area contributed by atoms with Gasteiger partial charge in [-0.15, -0.1) is 0 Å². The summed E-state index contributed by atoms with van der Waals surface area (Å²) < 4.78 is 0. The first-order valence-corrected chi connectivity index (χ1v) is 2.57. The Kier molecular flexibility index (Phi) is 3.35. The Labute approximate surface area is 54.5 Å². The van der Waals surface area contributed by atoms with E-state index in [9.17, 15) is 4.79 Å². The standard InChI is InChI=1S/C6H10N2O/c1-4-5(7-2)6(9)8-3/h4H,1H2,2-3H3,(H,8,9). The molecule has 1 amide bonds. The fraction of sp³-hybridized carbons (Fsp3) is 0.333. The molecule has 0 aromatic rings. The predicted molar refractivity (Wildman–Crippen MR) is 37.6 cm³/mol. The summed E-state index contributed by atoms with van der Waals surface area (Å²) in [5, 5.41) is 2.43. The van der Waals surface area contributed by atoms with E-state index in [0.717, 1.165) is 0 Å². The summed E-state index contributed by atoms with van der Waals surface area (Å²) in [5.41, 5.74) is 0.359. The second kappa shape index (κ2) is 3.83. The zero-order chi connectivity index (χ0) is 7.28. The summed E-state index contributed by atoms with van der Waals surface area (Å²) in [5.74, 6) is -0.201. The molecule has 3 heteroatoms. The van der Waals surface area contributed by atoms with Gasteiger partial charge in [-0.05, 0) is 6.08 Å². The van der Waals surface area contributed by atoms with Gasteiger partial charge in [0.05, 0.1) is 0 Å². The van der Waals surface area contributed by atoms with Crippen molar-refractivity contribution in [1.82, 2.24) is 5.32 Å². The van der Waals surface area contributed by atoms with E-state index >= 15 is 0 Å². The topological polar surface area (TPSA) is 41.5 Å². The summed E-state index contributed by atoms with van der Waals surface area (Å²) >= 11 is 0. The van der Waals surface area contributed by atoms with E-state index in [1.807, 2.05) is 0 Å². The van der Waals surface area contributed by atoms with Gasteiger partial charge in [0.2, 0.25) is 0 Å². The summed E-state index contributed by atoms with van der Waals surface area (Å²) in [7, 11) is 3.10. The summed E-state index contributed by atoms with van der Waals surface area (Å²) in [6.07, 6.45) is 1.42. The highest BCUT2D eigenvalue weighted by Gasteiger charge is 2.00. The Morgan fingerprint density at radius 3 is 2.44 bits per heavy atom. The average molecular weight is 126 g/mol. The van der Waals surface area contributed by atoms with Crippen LogP contribution in [0.1, 0.15) is 0 Å². The SMILES string of the molecule is C=CC(=NC)C(=O)NC. The van der Waals surface area contributed by atoms with Crippen molar-refractivity contribution in [2.75, 3.05) is 14.1 Å². The van der Waals surface area contributed by atoms with E-state index in [1.54, 1.807) is 14.1 Å². The minimum atomic E-state index is -0.201. The molecule has 0 bridgehead atoms. The van der Waals surface area contributed by atoms with Crippen LogP contribution in [0.2, 0.25) is 0 Å². The number of rotatable bonds is 2. The third kappa shape index (κ3) is 2.08. The second-order valence-corrected chi connectivity index (χ2v) is 1.39. The number of nitrogens with one attached hydrogen (secondary N) is 1. The first-order chi connectivity index (χ1) is 4.26. The molecule has 0 atom stereocenters. The molecule has 1 N–H and O–H groups in total. The molecule has 0 radical (unpaired) electrons. The smallest absolute Gasteiger partial charge is 0.269 e. The van der Waals surface area contributed by atoms with Crippen molar-refractivity contribution in [3.63, 3.8) is 0 Å². The van der Waals surface area contributed by atoms with E-state index in [-0.39, 0.29) is 5.91 Å². The third-order valence-corrected chi connectivity index (χ3v) is 0.894. The van der Waals surface area contributed by atoms with Gasteiger partial charge in [-0.1, -0.05) is 6.58 Å². The van der Waals surface area contributed by atoms with Gasteiger partial charge in [0.25, 0.3) is 5.91 Å². The molecule has 0 aliphatic carbocycles. The molecule has 0 saturated carbocycles. The molecule has 9 heavy (non-hydrogen) atoms. The first-order valence-electron chi connectivity index (χ1n) is 2.57. The van der Waals surface area contributed by atoms with Crippen LogP contribution in [0, 0.1) is 0 Å². The Balaban J connectivity index is 4.14. The third-order valence-electron chi connectivity index (χ3n) is 0.894. The summed E-state index contributed by atoms with van der Waals surface area (Å²) in [6, 6.07) is 0. The summed E-state index contributed by atoms with van der Waals surface area (Å²) in [6.45, 7) is 3.41. The average Bonchev–Trinajstić information content (AvgIpc) is 1.90. The maximum atomic E-state index is 10.7. The fourth-order valence-corrected chi connectivity index (χ4v) is 0.414. The maximum absolute atomic E-state index is 10.7. The lowest BCUT2D eigenvalue weighted by Crippen LogP contribution is -2.25. The van der Waals surface area contributed by atoms with Crippen molar-refractivity contribution < 1.29 is 4.79 Å². The molecule has 3 nitrogen and oxygen atoms in total. The van der Waals surface area contributed by atoms with E-state index in [0.29, 0.717) is 5.71 Å². The molecule has 0 spiro atoms. The lowest BCUT2D eigenvalue weighted by Gasteiger charge is -1.94. The number of amides is 1. The van der Waals surface area contributed by atoms with E-state index in [1.165, 1.54) is 6.08 Å². The Morgan fingerprint density at radius 1 is 1.78 bits per heavy atom. The molecule has 0 fully saturated rings. The highest BCUT2D eigenvalue weighted by molar-refractivity contribution is 6.43. The Morgan fingerprint density at radius 2 is 2.33 bits per heavy atom. The number of carbonyl (C=O) groups is 1. The normalized spacial score (nSPS) is 10.7. The maximum Gasteiger partial charge on any atom is 0.269 e. The Hall–Kier alpha value is -1.12. The molecule has 0 aromatic carbocycles. The lowest BCUT2D eigenvalue weighted by atomic mass is 10.3. The molecule has 0 rings (SSSR count). The molecule has 0 aliphatic heterocycles.